The van der Waals surface area contributed by atoms with Crippen molar-refractivity contribution in [2.24, 2.45) is 0 Å². The van der Waals surface area contributed by atoms with Gasteiger partial charge in [0.05, 0.1) is 28.2 Å². The van der Waals surface area contributed by atoms with Gasteiger partial charge in [-0.05, 0) is 30.7 Å². The molecule has 0 atom stereocenters. The third-order valence-electron chi connectivity index (χ3n) is 3.61. The molecule has 0 heterocycles. The molecule has 2 aromatic rings. The van der Waals surface area contributed by atoms with Gasteiger partial charge in [0.15, 0.2) is 5.75 Å². The highest BCUT2D eigenvalue weighted by Gasteiger charge is 2.23. The zero-order valence-electron chi connectivity index (χ0n) is 14.8. The fraction of sp³-hybridized carbons (Fsp3) is 0.235. The average molecular weight is 393 g/mol. The summed E-state index contributed by atoms with van der Waals surface area (Å²) in [6.45, 7) is 2.34. The van der Waals surface area contributed by atoms with Gasteiger partial charge in [-0.3, -0.25) is 19.6 Å². The molecule has 0 aromatic heterocycles. The minimum atomic E-state index is -4.16. The average Bonchev–Trinajstić information content (AvgIpc) is 2.65. The van der Waals surface area contributed by atoms with E-state index in [1.165, 1.54) is 31.4 Å². The SMILES string of the molecule is CCCNC(=O)c1ccccc1NS(=O)(=O)c1ccc(OC)c([N+](=O)[O-])c1. The monoisotopic (exact) mass is 393 g/mol. The predicted molar refractivity (Wildman–Crippen MR) is 99.5 cm³/mol. The lowest BCUT2D eigenvalue weighted by atomic mass is 10.1. The zero-order chi connectivity index (χ0) is 20.0. The van der Waals surface area contributed by atoms with Crippen LogP contribution in [0.1, 0.15) is 23.7 Å². The lowest BCUT2D eigenvalue weighted by Crippen LogP contribution is -2.25. The fourth-order valence-electron chi connectivity index (χ4n) is 2.29. The minimum absolute atomic E-state index is 0.0571. The smallest absolute Gasteiger partial charge is 0.312 e. The number of nitrogens with zero attached hydrogens (tertiary/aromatic N) is 1. The van der Waals surface area contributed by atoms with Gasteiger partial charge in [-0.2, -0.15) is 0 Å². The number of amides is 1. The third kappa shape index (κ3) is 4.73. The number of ether oxygens (including phenoxy) is 1. The van der Waals surface area contributed by atoms with Crippen molar-refractivity contribution in [1.82, 2.24) is 5.32 Å². The van der Waals surface area contributed by atoms with Crippen LogP contribution in [-0.4, -0.2) is 32.9 Å². The highest BCUT2D eigenvalue weighted by Crippen LogP contribution is 2.30. The van der Waals surface area contributed by atoms with E-state index in [0.29, 0.717) is 6.54 Å². The summed E-state index contributed by atoms with van der Waals surface area (Å²) in [6.07, 6.45) is 0.731. The van der Waals surface area contributed by atoms with Crippen LogP contribution in [0.4, 0.5) is 11.4 Å². The second kappa shape index (κ2) is 8.49. The molecule has 0 unspecified atom stereocenters. The maximum atomic E-state index is 12.7. The Bertz CT molecular complexity index is 959. The Morgan fingerprint density at radius 2 is 1.93 bits per heavy atom. The van der Waals surface area contributed by atoms with E-state index in [9.17, 15) is 23.3 Å². The first kappa shape index (κ1) is 20.2. The van der Waals surface area contributed by atoms with E-state index in [2.05, 4.69) is 10.0 Å². The molecule has 0 aliphatic carbocycles. The number of sulfonamides is 1. The number of rotatable bonds is 8. The Morgan fingerprint density at radius 3 is 2.56 bits per heavy atom. The van der Waals surface area contributed by atoms with E-state index in [0.717, 1.165) is 12.5 Å². The molecule has 10 heteroatoms. The van der Waals surface area contributed by atoms with Gasteiger partial charge < -0.3 is 10.1 Å². The number of methoxy groups -OCH3 is 1. The molecule has 0 spiro atoms. The van der Waals surface area contributed by atoms with Crippen LogP contribution < -0.4 is 14.8 Å². The van der Waals surface area contributed by atoms with Gasteiger partial charge in [-0.1, -0.05) is 19.1 Å². The molecule has 9 nitrogen and oxygen atoms in total. The van der Waals surface area contributed by atoms with E-state index < -0.39 is 26.5 Å². The van der Waals surface area contributed by atoms with Crippen LogP contribution in [0.5, 0.6) is 5.75 Å². The zero-order valence-corrected chi connectivity index (χ0v) is 15.6. The van der Waals surface area contributed by atoms with Crippen molar-refractivity contribution < 1.29 is 22.9 Å². The fourth-order valence-corrected chi connectivity index (χ4v) is 3.39. The minimum Gasteiger partial charge on any atom is -0.490 e. The predicted octanol–water partition coefficient (Wildman–Crippen LogP) is 2.54. The Labute approximate surface area is 156 Å². The maximum Gasteiger partial charge on any atom is 0.312 e. The number of hydrogen-bond acceptors (Lipinski definition) is 6. The molecule has 0 bridgehead atoms. The lowest BCUT2D eigenvalue weighted by molar-refractivity contribution is -0.386. The third-order valence-corrected chi connectivity index (χ3v) is 4.97. The van der Waals surface area contributed by atoms with Gasteiger partial charge >= 0.3 is 5.69 Å². The number of carbonyl (C=O) groups excluding carboxylic acids is 1. The summed E-state index contributed by atoms with van der Waals surface area (Å²) in [4.78, 5) is 22.3. The van der Waals surface area contributed by atoms with Crippen LogP contribution in [0, 0.1) is 10.1 Å². The molecular weight excluding hydrogens is 374 g/mol. The van der Waals surface area contributed by atoms with Crippen LogP contribution in [0.15, 0.2) is 47.4 Å². The summed E-state index contributed by atoms with van der Waals surface area (Å²) in [6, 6.07) is 9.40. The second-order valence-corrected chi connectivity index (χ2v) is 7.18. The molecule has 0 aliphatic heterocycles. The second-order valence-electron chi connectivity index (χ2n) is 5.50. The van der Waals surface area contributed by atoms with Crippen molar-refractivity contribution in [3.63, 3.8) is 0 Å². The Balaban J connectivity index is 2.39. The quantitative estimate of drug-likeness (QED) is 0.524. The van der Waals surface area contributed by atoms with Crippen LogP contribution in [-0.2, 0) is 10.0 Å². The summed E-state index contributed by atoms with van der Waals surface area (Å²) in [7, 11) is -2.91. The van der Waals surface area contributed by atoms with E-state index in [-0.39, 0.29) is 21.9 Å². The Kier molecular flexibility index (Phi) is 6.35. The van der Waals surface area contributed by atoms with Gasteiger partial charge in [0.1, 0.15) is 0 Å². The number of nitrogens with one attached hydrogen (secondary N) is 2. The van der Waals surface area contributed by atoms with Gasteiger partial charge in [-0.25, -0.2) is 8.42 Å². The molecule has 2 N–H and O–H groups in total. The number of hydrogen-bond donors (Lipinski definition) is 2. The number of anilines is 1. The van der Waals surface area contributed by atoms with Crippen molar-refractivity contribution in [3.8, 4) is 5.75 Å². The lowest BCUT2D eigenvalue weighted by Gasteiger charge is -2.13. The number of benzene rings is 2. The maximum absolute atomic E-state index is 12.7. The molecule has 1 amide bonds. The first-order valence-corrected chi connectivity index (χ1v) is 9.51. The standard InChI is InChI=1S/C17H19N3O6S/c1-3-10-18-17(21)13-6-4-5-7-14(13)19-27(24,25)12-8-9-16(26-2)15(11-12)20(22)23/h4-9,11,19H,3,10H2,1-2H3,(H,18,21). The highest BCUT2D eigenvalue weighted by molar-refractivity contribution is 7.92. The highest BCUT2D eigenvalue weighted by atomic mass is 32.2. The molecule has 144 valence electrons. The van der Waals surface area contributed by atoms with Gasteiger partial charge in [0.25, 0.3) is 15.9 Å². The molecule has 2 rings (SSSR count). The molecule has 0 fully saturated rings. The van der Waals surface area contributed by atoms with E-state index in [1.54, 1.807) is 12.1 Å². The topological polar surface area (TPSA) is 128 Å². The van der Waals surface area contributed by atoms with E-state index in [1.807, 2.05) is 6.92 Å². The first-order chi connectivity index (χ1) is 12.8. The van der Waals surface area contributed by atoms with Crippen molar-refractivity contribution in [1.29, 1.82) is 0 Å². The molecule has 0 radical (unpaired) electrons. The summed E-state index contributed by atoms with van der Waals surface area (Å²) in [5.74, 6) is -0.478. The molecule has 2 aromatic carbocycles. The van der Waals surface area contributed by atoms with Crippen LogP contribution in [0.25, 0.3) is 0 Å². The van der Waals surface area contributed by atoms with Gasteiger partial charge in [-0.15, -0.1) is 0 Å². The van der Waals surface area contributed by atoms with Crippen molar-refractivity contribution >= 4 is 27.3 Å². The summed E-state index contributed by atoms with van der Waals surface area (Å²) in [5, 5.41) is 13.8. The van der Waals surface area contributed by atoms with Gasteiger partial charge in [0, 0.05) is 12.6 Å². The Hall–Kier alpha value is -3.14. The normalized spacial score (nSPS) is 10.9. The molecular formula is C17H19N3O6S. The molecule has 0 saturated heterocycles. The van der Waals surface area contributed by atoms with E-state index in [4.69, 9.17) is 4.74 Å². The number of carbonyl (C=O) groups is 1. The molecule has 0 saturated carbocycles. The van der Waals surface area contributed by atoms with Crippen LogP contribution in [0.2, 0.25) is 0 Å². The van der Waals surface area contributed by atoms with Crippen LogP contribution in [0.3, 0.4) is 0 Å². The van der Waals surface area contributed by atoms with Crippen molar-refractivity contribution in [2.75, 3.05) is 18.4 Å². The number of para-hydroxylation sites is 1. The first-order valence-electron chi connectivity index (χ1n) is 8.02. The molecule has 27 heavy (non-hydrogen) atoms. The van der Waals surface area contributed by atoms with E-state index >= 15 is 0 Å². The number of nitro groups is 1. The van der Waals surface area contributed by atoms with Crippen LogP contribution >= 0.6 is 0 Å². The molecule has 0 aliphatic rings. The summed E-state index contributed by atoms with van der Waals surface area (Å²) in [5.41, 5.74) is -0.253. The van der Waals surface area contributed by atoms with Gasteiger partial charge in [0.2, 0.25) is 0 Å². The number of nitro benzene ring substituents is 1. The summed E-state index contributed by atoms with van der Waals surface area (Å²) >= 11 is 0. The Morgan fingerprint density at radius 1 is 1.22 bits per heavy atom. The summed E-state index contributed by atoms with van der Waals surface area (Å²) < 4.78 is 32.5. The largest absolute Gasteiger partial charge is 0.490 e. The van der Waals surface area contributed by atoms with Crippen molar-refractivity contribution in [2.45, 2.75) is 18.2 Å². The van der Waals surface area contributed by atoms with Crippen molar-refractivity contribution in [3.05, 3.63) is 58.1 Å².